The molecule has 2 fully saturated rings. The highest BCUT2D eigenvalue weighted by Gasteiger charge is 2.45. The summed E-state index contributed by atoms with van der Waals surface area (Å²) in [6.07, 6.45) is 7.02. The fraction of sp³-hybridized carbons (Fsp3) is 0.500. The number of aliphatic hydroxyl groups excluding tert-OH is 1. The monoisotopic (exact) mass is 569 g/mol. The number of likely N-dealkylation sites (tertiary alicyclic amines) is 1. The fourth-order valence-electron chi connectivity index (χ4n) is 4.82. The van der Waals surface area contributed by atoms with Crippen LogP contribution >= 0.6 is 15.9 Å². The van der Waals surface area contributed by atoms with E-state index in [9.17, 15) is 14.7 Å². The summed E-state index contributed by atoms with van der Waals surface area (Å²) in [5.74, 6) is -0.115. The topological polar surface area (TPSA) is 118 Å². The average molecular weight is 570 g/mol. The van der Waals surface area contributed by atoms with Gasteiger partial charge >= 0.3 is 0 Å². The van der Waals surface area contributed by atoms with Crippen molar-refractivity contribution in [3.63, 3.8) is 0 Å². The van der Waals surface area contributed by atoms with Crippen LogP contribution < -0.4 is 5.32 Å². The lowest BCUT2D eigenvalue weighted by molar-refractivity contribution is -0.144. The Morgan fingerprint density at radius 1 is 1.19 bits per heavy atom. The Hall–Kier alpha value is -3.05. The summed E-state index contributed by atoms with van der Waals surface area (Å²) in [5.41, 5.74) is 2.17. The van der Waals surface area contributed by atoms with Gasteiger partial charge in [0.1, 0.15) is 12.1 Å². The third-order valence-electron chi connectivity index (χ3n) is 6.90. The van der Waals surface area contributed by atoms with Crippen molar-refractivity contribution in [3.05, 3.63) is 58.6 Å². The number of aromatic nitrogens is 5. The van der Waals surface area contributed by atoms with Gasteiger partial charge in [-0.3, -0.25) is 9.59 Å². The summed E-state index contributed by atoms with van der Waals surface area (Å²) < 4.78 is 4.35. The Labute approximate surface area is 224 Å². The zero-order valence-corrected chi connectivity index (χ0v) is 22.8. The van der Waals surface area contributed by atoms with E-state index in [4.69, 9.17) is 0 Å². The lowest BCUT2D eigenvalue weighted by atomic mass is 9.85. The predicted octanol–water partition coefficient (Wildman–Crippen LogP) is 2.97. The van der Waals surface area contributed by atoms with E-state index >= 15 is 0 Å². The second-order valence-electron chi connectivity index (χ2n) is 11.0. The van der Waals surface area contributed by atoms with Gasteiger partial charge in [-0.2, -0.15) is 5.10 Å². The Morgan fingerprint density at radius 3 is 2.59 bits per heavy atom. The van der Waals surface area contributed by atoms with E-state index in [-0.39, 0.29) is 31.3 Å². The van der Waals surface area contributed by atoms with Crippen LogP contribution in [0.3, 0.4) is 0 Å². The van der Waals surface area contributed by atoms with Crippen molar-refractivity contribution in [2.75, 3.05) is 6.54 Å². The summed E-state index contributed by atoms with van der Waals surface area (Å²) in [6.45, 7) is 6.28. The minimum atomic E-state index is -0.766. The molecular weight excluding hydrogens is 538 g/mol. The number of benzene rings is 1. The predicted molar refractivity (Wildman–Crippen MR) is 140 cm³/mol. The van der Waals surface area contributed by atoms with E-state index in [1.165, 1.54) is 4.90 Å². The van der Waals surface area contributed by atoms with E-state index < -0.39 is 23.6 Å². The molecule has 0 radical (unpaired) electrons. The smallest absolute Gasteiger partial charge is 0.248 e. The molecule has 1 aromatic carbocycles. The number of hydrogen-bond acceptors (Lipinski definition) is 6. The van der Waals surface area contributed by atoms with Gasteiger partial charge in [0.2, 0.25) is 11.8 Å². The SMILES string of the molecule is CC(C)(C)[C@@H](C(=O)N1CC(O)CC1C(=O)NCc1cnn(-c2ccc(Br)cc2)c1)n1cc(C2CC2)nn1. The van der Waals surface area contributed by atoms with E-state index in [1.54, 1.807) is 15.6 Å². The van der Waals surface area contributed by atoms with Gasteiger partial charge in [0, 0.05) is 47.9 Å². The van der Waals surface area contributed by atoms with Crippen LogP contribution in [0.4, 0.5) is 0 Å². The number of amides is 2. The van der Waals surface area contributed by atoms with Crippen LogP contribution in [-0.4, -0.2) is 65.3 Å². The quantitative estimate of drug-likeness (QED) is 0.451. The van der Waals surface area contributed by atoms with Crippen LogP contribution in [0, 0.1) is 5.41 Å². The molecule has 11 heteroatoms. The zero-order valence-electron chi connectivity index (χ0n) is 21.2. The Bertz CT molecular complexity index is 1280. The molecule has 3 atom stereocenters. The largest absolute Gasteiger partial charge is 0.391 e. The molecular formula is C26H32BrN7O3. The van der Waals surface area contributed by atoms with E-state index in [2.05, 4.69) is 36.7 Å². The van der Waals surface area contributed by atoms with Gasteiger partial charge in [-0.05, 0) is 42.5 Å². The third-order valence-corrected chi connectivity index (χ3v) is 7.43. The van der Waals surface area contributed by atoms with Crippen molar-refractivity contribution < 1.29 is 14.7 Å². The van der Waals surface area contributed by atoms with Crippen molar-refractivity contribution in [2.45, 2.75) is 70.7 Å². The van der Waals surface area contributed by atoms with Crippen molar-refractivity contribution >= 4 is 27.7 Å². The lowest BCUT2D eigenvalue weighted by Crippen LogP contribution is -2.50. The summed E-state index contributed by atoms with van der Waals surface area (Å²) in [4.78, 5) is 28.6. The van der Waals surface area contributed by atoms with Gasteiger partial charge in [-0.15, -0.1) is 5.10 Å². The van der Waals surface area contributed by atoms with Crippen LogP contribution in [0.15, 0.2) is 47.3 Å². The number of carbonyl (C=O) groups excluding carboxylic acids is 2. The number of β-amino-alcohol motifs (C(OH)–C–C–N with tert-alkyl or cyclic N) is 1. The highest BCUT2D eigenvalue weighted by atomic mass is 79.9. The van der Waals surface area contributed by atoms with Crippen molar-refractivity contribution in [1.82, 2.24) is 35.0 Å². The molecule has 2 amide bonds. The number of aliphatic hydroxyl groups is 1. The highest BCUT2D eigenvalue weighted by Crippen LogP contribution is 2.40. The normalized spacial score (nSPS) is 20.7. The molecule has 5 rings (SSSR count). The molecule has 1 saturated carbocycles. The van der Waals surface area contributed by atoms with Gasteiger partial charge in [0.25, 0.3) is 0 Å². The Morgan fingerprint density at radius 2 is 1.92 bits per heavy atom. The third kappa shape index (κ3) is 5.62. The molecule has 196 valence electrons. The molecule has 2 aromatic heterocycles. The number of hydrogen-bond donors (Lipinski definition) is 2. The van der Waals surface area contributed by atoms with E-state index in [0.717, 1.165) is 34.3 Å². The number of halogens is 1. The molecule has 3 heterocycles. The first-order valence-corrected chi connectivity index (χ1v) is 13.4. The van der Waals surface area contributed by atoms with Gasteiger partial charge < -0.3 is 15.3 Å². The Kier molecular flexibility index (Phi) is 6.93. The molecule has 10 nitrogen and oxygen atoms in total. The molecule has 2 aliphatic rings. The maximum Gasteiger partial charge on any atom is 0.248 e. The van der Waals surface area contributed by atoms with E-state index in [1.807, 2.05) is 57.4 Å². The molecule has 1 aliphatic heterocycles. The van der Waals surface area contributed by atoms with Gasteiger partial charge in [0.05, 0.1) is 23.7 Å². The van der Waals surface area contributed by atoms with Crippen LogP contribution in [0.25, 0.3) is 5.69 Å². The highest BCUT2D eigenvalue weighted by molar-refractivity contribution is 9.10. The van der Waals surface area contributed by atoms with Crippen molar-refractivity contribution in [2.24, 2.45) is 5.41 Å². The second-order valence-corrected chi connectivity index (χ2v) is 12.0. The Balaban J connectivity index is 1.28. The number of carbonyl (C=O) groups is 2. The first-order chi connectivity index (χ1) is 17.6. The minimum Gasteiger partial charge on any atom is -0.391 e. The molecule has 1 saturated heterocycles. The number of rotatable bonds is 7. The maximum absolute atomic E-state index is 13.8. The first kappa shape index (κ1) is 25.6. The van der Waals surface area contributed by atoms with Crippen LogP contribution in [-0.2, 0) is 16.1 Å². The van der Waals surface area contributed by atoms with Crippen molar-refractivity contribution in [1.29, 1.82) is 0 Å². The summed E-state index contributed by atoms with van der Waals surface area (Å²) in [6, 6.07) is 6.35. The number of nitrogens with zero attached hydrogens (tertiary/aromatic N) is 6. The van der Waals surface area contributed by atoms with Crippen molar-refractivity contribution in [3.8, 4) is 5.69 Å². The molecule has 0 bridgehead atoms. The van der Waals surface area contributed by atoms with Crippen LogP contribution in [0.1, 0.15) is 63.3 Å². The lowest BCUT2D eigenvalue weighted by Gasteiger charge is -2.34. The summed E-state index contributed by atoms with van der Waals surface area (Å²) in [7, 11) is 0. The standard InChI is InChI=1S/C26H32BrN7O3/c1-26(2,3)23(34-15-21(30-31-34)17-4-5-17)25(37)32-14-20(35)10-22(32)24(36)28-11-16-12-29-33(13-16)19-8-6-18(27)7-9-19/h6-9,12-13,15,17,20,22-23,35H,4-5,10-11,14H2,1-3H3,(H,28,36)/t20?,22?,23-/m1/s1. The summed E-state index contributed by atoms with van der Waals surface area (Å²) in [5, 5.41) is 26.3. The fourth-order valence-corrected chi connectivity index (χ4v) is 5.08. The summed E-state index contributed by atoms with van der Waals surface area (Å²) >= 11 is 3.43. The second kappa shape index (κ2) is 10.0. The zero-order chi connectivity index (χ0) is 26.3. The average Bonchev–Trinajstić information content (AvgIpc) is 3.22. The molecule has 2 N–H and O–H groups in total. The van der Waals surface area contributed by atoms with Gasteiger partial charge in [0.15, 0.2) is 0 Å². The van der Waals surface area contributed by atoms with Gasteiger partial charge in [-0.1, -0.05) is 41.9 Å². The maximum atomic E-state index is 13.8. The molecule has 2 unspecified atom stereocenters. The van der Waals surface area contributed by atoms with Gasteiger partial charge in [-0.25, -0.2) is 9.36 Å². The molecule has 37 heavy (non-hydrogen) atoms. The molecule has 1 aliphatic carbocycles. The first-order valence-electron chi connectivity index (χ1n) is 12.6. The van der Waals surface area contributed by atoms with E-state index in [0.29, 0.717) is 5.92 Å². The molecule has 3 aromatic rings. The van der Waals surface area contributed by atoms with Crippen LogP contribution in [0.2, 0.25) is 0 Å². The minimum absolute atomic E-state index is 0.106. The molecule has 0 spiro atoms. The van der Waals surface area contributed by atoms with Crippen LogP contribution in [0.5, 0.6) is 0 Å². The number of nitrogens with one attached hydrogen (secondary N) is 1.